The standard InChI is InChI=1S/C11H19FN4O/c1-8(7-17)4-3-5-14-10-9(12)6-15-11(13-2)16-10/h6,8,17H,3-5,7H2,1-2H3,(H2,13,14,15,16). The van der Waals surface area contributed by atoms with Gasteiger partial charge < -0.3 is 15.7 Å². The first-order valence-corrected chi connectivity index (χ1v) is 5.72. The van der Waals surface area contributed by atoms with Crippen LogP contribution >= 0.6 is 0 Å². The van der Waals surface area contributed by atoms with E-state index in [1.165, 1.54) is 0 Å². The first-order valence-electron chi connectivity index (χ1n) is 5.72. The maximum absolute atomic E-state index is 13.3. The molecular weight excluding hydrogens is 223 g/mol. The second kappa shape index (κ2) is 7.01. The van der Waals surface area contributed by atoms with Crippen molar-refractivity contribution in [3.63, 3.8) is 0 Å². The molecule has 1 aromatic heterocycles. The molecule has 0 saturated carbocycles. The molecule has 0 saturated heterocycles. The third-order valence-corrected chi connectivity index (χ3v) is 2.45. The predicted octanol–water partition coefficient (Wildman–Crippen LogP) is 1.48. The Bertz CT molecular complexity index is 348. The van der Waals surface area contributed by atoms with Gasteiger partial charge in [-0.2, -0.15) is 4.98 Å². The van der Waals surface area contributed by atoms with Gasteiger partial charge in [0.25, 0.3) is 0 Å². The molecule has 0 aliphatic rings. The van der Waals surface area contributed by atoms with Gasteiger partial charge in [-0.15, -0.1) is 0 Å². The van der Waals surface area contributed by atoms with Crippen LogP contribution in [-0.4, -0.2) is 35.3 Å². The van der Waals surface area contributed by atoms with Gasteiger partial charge in [-0.25, -0.2) is 9.37 Å². The minimum Gasteiger partial charge on any atom is -0.396 e. The van der Waals surface area contributed by atoms with Crippen LogP contribution in [0.5, 0.6) is 0 Å². The topological polar surface area (TPSA) is 70.1 Å². The molecule has 1 rings (SSSR count). The van der Waals surface area contributed by atoms with Gasteiger partial charge in [0.1, 0.15) is 0 Å². The minimum absolute atomic E-state index is 0.186. The summed E-state index contributed by atoms with van der Waals surface area (Å²) >= 11 is 0. The smallest absolute Gasteiger partial charge is 0.224 e. The average molecular weight is 242 g/mol. The largest absolute Gasteiger partial charge is 0.396 e. The number of anilines is 2. The van der Waals surface area contributed by atoms with Crippen molar-refractivity contribution < 1.29 is 9.50 Å². The van der Waals surface area contributed by atoms with Gasteiger partial charge in [0.05, 0.1) is 6.20 Å². The zero-order valence-electron chi connectivity index (χ0n) is 10.2. The summed E-state index contributed by atoms with van der Waals surface area (Å²) in [6.45, 7) is 2.79. The number of aliphatic hydroxyl groups is 1. The molecule has 17 heavy (non-hydrogen) atoms. The number of halogens is 1. The molecule has 1 aromatic rings. The summed E-state index contributed by atoms with van der Waals surface area (Å²) in [6, 6.07) is 0. The molecule has 0 aliphatic carbocycles. The van der Waals surface area contributed by atoms with Gasteiger partial charge in [0.2, 0.25) is 5.95 Å². The van der Waals surface area contributed by atoms with Crippen molar-refractivity contribution in [2.45, 2.75) is 19.8 Å². The lowest BCUT2D eigenvalue weighted by atomic mass is 10.1. The lowest BCUT2D eigenvalue weighted by molar-refractivity contribution is 0.229. The maximum atomic E-state index is 13.3. The normalized spacial score (nSPS) is 12.2. The van der Waals surface area contributed by atoms with E-state index < -0.39 is 5.82 Å². The molecule has 1 atom stereocenters. The van der Waals surface area contributed by atoms with Crippen LogP contribution in [0.15, 0.2) is 6.20 Å². The molecule has 0 amide bonds. The molecule has 96 valence electrons. The number of rotatable bonds is 7. The van der Waals surface area contributed by atoms with E-state index in [4.69, 9.17) is 5.11 Å². The SMILES string of the molecule is CNc1ncc(F)c(NCCCC(C)CO)n1. The quantitative estimate of drug-likeness (QED) is 0.632. The van der Waals surface area contributed by atoms with Crippen LogP contribution in [-0.2, 0) is 0 Å². The van der Waals surface area contributed by atoms with Crippen molar-refractivity contribution >= 4 is 11.8 Å². The van der Waals surface area contributed by atoms with Crippen molar-refractivity contribution in [3.8, 4) is 0 Å². The molecule has 1 heterocycles. The third kappa shape index (κ3) is 4.52. The Balaban J connectivity index is 2.40. The number of nitrogens with zero attached hydrogens (tertiary/aromatic N) is 2. The van der Waals surface area contributed by atoms with Crippen molar-refractivity contribution in [2.24, 2.45) is 5.92 Å². The molecule has 0 bridgehead atoms. The molecule has 0 spiro atoms. The van der Waals surface area contributed by atoms with E-state index in [0.717, 1.165) is 19.0 Å². The molecule has 1 unspecified atom stereocenters. The molecule has 0 aromatic carbocycles. The maximum Gasteiger partial charge on any atom is 0.224 e. The molecule has 5 nitrogen and oxygen atoms in total. The van der Waals surface area contributed by atoms with Gasteiger partial charge >= 0.3 is 0 Å². The van der Waals surface area contributed by atoms with E-state index in [0.29, 0.717) is 12.5 Å². The van der Waals surface area contributed by atoms with E-state index >= 15 is 0 Å². The Morgan fingerprint density at radius 2 is 2.29 bits per heavy atom. The van der Waals surface area contributed by atoms with Crippen LogP contribution in [0, 0.1) is 11.7 Å². The van der Waals surface area contributed by atoms with Gasteiger partial charge in [-0.05, 0) is 18.8 Å². The molecule has 0 aliphatic heterocycles. The summed E-state index contributed by atoms with van der Waals surface area (Å²) in [5.41, 5.74) is 0. The van der Waals surface area contributed by atoms with Gasteiger partial charge in [0, 0.05) is 20.2 Å². The Hall–Kier alpha value is -1.43. The van der Waals surface area contributed by atoms with Crippen molar-refractivity contribution in [2.75, 3.05) is 30.8 Å². The molecule has 0 radical (unpaired) electrons. The number of hydrogen-bond donors (Lipinski definition) is 3. The number of aliphatic hydroxyl groups excluding tert-OH is 1. The van der Waals surface area contributed by atoms with E-state index in [1.807, 2.05) is 6.92 Å². The third-order valence-electron chi connectivity index (χ3n) is 2.45. The molecule has 6 heteroatoms. The van der Waals surface area contributed by atoms with Gasteiger partial charge in [0.15, 0.2) is 11.6 Å². The zero-order valence-corrected chi connectivity index (χ0v) is 10.2. The highest BCUT2D eigenvalue weighted by molar-refractivity contribution is 5.40. The van der Waals surface area contributed by atoms with Crippen molar-refractivity contribution in [3.05, 3.63) is 12.0 Å². The minimum atomic E-state index is -0.459. The first-order chi connectivity index (χ1) is 8.17. The Morgan fingerprint density at radius 1 is 1.53 bits per heavy atom. The number of nitrogens with one attached hydrogen (secondary N) is 2. The van der Waals surface area contributed by atoms with E-state index in [-0.39, 0.29) is 18.3 Å². The second-order valence-electron chi connectivity index (χ2n) is 4.00. The lowest BCUT2D eigenvalue weighted by Gasteiger charge is -2.09. The predicted molar refractivity (Wildman–Crippen MR) is 65.5 cm³/mol. The van der Waals surface area contributed by atoms with Crippen LogP contribution in [0.25, 0.3) is 0 Å². The summed E-state index contributed by atoms with van der Waals surface area (Å²) in [6.07, 6.45) is 2.90. The molecule has 3 N–H and O–H groups in total. The fraction of sp³-hybridized carbons (Fsp3) is 0.636. The summed E-state index contributed by atoms with van der Waals surface area (Å²) in [7, 11) is 1.68. The zero-order chi connectivity index (χ0) is 12.7. The number of aromatic nitrogens is 2. The highest BCUT2D eigenvalue weighted by Crippen LogP contribution is 2.12. The number of hydrogen-bond acceptors (Lipinski definition) is 5. The average Bonchev–Trinajstić information content (AvgIpc) is 2.36. The molecule has 0 fully saturated rings. The van der Waals surface area contributed by atoms with E-state index in [2.05, 4.69) is 20.6 Å². The van der Waals surface area contributed by atoms with Crippen LogP contribution in [0.1, 0.15) is 19.8 Å². The van der Waals surface area contributed by atoms with Crippen LogP contribution < -0.4 is 10.6 Å². The lowest BCUT2D eigenvalue weighted by Crippen LogP contribution is -2.10. The van der Waals surface area contributed by atoms with Crippen molar-refractivity contribution in [1.29, 1.82) is 0 Å². The van der Waals surface area contributed by atoms with E-state index in [1.54, 1.807) is 7.05 Å². The summed E-state index contributed by atoms with van der Waals surface area (Å²) in [4.78, 5) is 7.73. The fourth-order valence-corrected chi connectivity index (χ4v) is 1.36. The summed E-state index contributed by atoms with van der Waals surface area (Å²) in [5, 5.41) is 14.5. The van der Waals surface area contributed by atoms with Crippen LogP contribution in [0.3, 0.4) is 0 Å². The molecular formula is C11H19FN4O. The van der Waals surface area contributed by atoms with Gasteiger partial charge in [-0.1, -0.05) is 6.92 Å². The van der Waals surface area contributed by atoms with Gasteiger partial charge in [-0.3, -0.25) is 0 Å². The first kappa shape index (κ1) is 13.6. The summed E-state index contributed by atoms with van der Waals surface area (Å²) < 4.78 is 13.3. The van der Waals surface area contributed by atoms with E-state index in [9.17, 15) is 4.39 Å². The monoisotopic (exact) mass is 242 g/mol. The second-order valence-corrected chi connectivity index (χ2v) is 4.00. The Kier molecular flexibility index (Phi) is 5.62. The highest BCUT2D eigenvalue weighted by Gasteiger charge is 2.05. The Labute approximate surface area is 100 Å². The van der Waals surface area contributed by atoms with Crippen molar-refractivity contribution in [1.82, 2.24) is 9.97 Å². The van der Waals surface area contributed by atoms with Crippen LogP contribution in [0.2, 0.25) is 0 Å². The fourth-order valence-electron chi connectivity index (χ4n) is 1.36. The van der Waals surface area contributed by atoms with Crippen LogP contribution in [0.4, 0.5) is 16.2 Å². The highest BCUT2D eigenvalue weighted by atomic mass is 19.1. The summed E-state index contributed by atoms with van der Waals surface area (Å²) in [5.74, 6) is 0.415. The Morgan fingerprint density at radius 3 is 2.94 bits per heavy atom.